The Kier molecular flexibility index (Phi) is 6.78. The summed E-state index contributed by atoms with van der Waals surface area (Å²) >= 11 is 0. The van der Waals surface area contributed by atoms with Gasteiger partial charge in [-0.25, -0.2) is 0 Å². The van der Waals surface area contributed by atoms with Crippen LogP contribution in [0.25, 0.3) is 0 Å². The molecule has 0 aromatic heterocycles. The number of nitrogens with one attached hydrogen (secondary N) is 1. The Hall–Kier alpha value is -2.00. The van der Waals surface area contributed by atoms with E-state index in [0.29, 0.717) is 11.8 Å². The van der Waals surface area contributed by atoms with E-state index in [0.717, 1.165) is 19.6 Å². The van der Waals surface area contributed by atoms with Crippen LogP contribution in [0.15, 0.2) is 60.7 Å². The Labute approximate surface area is 133 Å². The molecule has 0 spiro atoms. The van der Waals surface area contributed by atoms with Gasteiger partial charge in [-0.1, -0.05) is 43.3 Å². The molecule has 0 unspecified atom stereocenters. The molecule has 3 heteroatoms. The van der Waals surface area contributed by atoms with E-state index in [9.17, 15) is 5.11 Å². The zero-order valence-corrected chi connectivity index (χ0v) is 13.3. The van der Waals surface area contributed by atoms with Crippen molar-refractivity contribution in [3.63, 3.8) is 0 Å². The number of benzene rings is 2. The molecule has 2 aromatic carbocycles. The predicted molar refractivity (Wildman–Crippen MR) is 93.5 cm³/mol. The lowest BCUT2D eigenvalue weighted by molar-refractivity contribution is 0.423. The van der Waals surface area contributed by atoms with Gasteiger partial charge in [0.15, 0.2) is 0 Å². The fourth-order valence-corrected chi connectivity index (χ4v) is 2.68. The Balaban J connectivity index is 0.000000246. The zero-order valence-electron chi connectivity index (χ0n) is 13.3. The monoisotopic (exact) mass is 298 g/mol. The van der Waals surface area contributed by atoms with Gasteiger partial charge in [0, 0.05) is 24.8 Å². The Morgan fingerprint density at radius 1 is 0.955 bits per heavy atom. The lowest BCUT2D eigenvalue weighted by Crippen LogP contribution is -2.42. The van der Waals surface area contributed by atoms with Gasteiger partial charge in [0.05, 0.1) is 0 Å². The minimum atomic E-state index is 0.339. The summed E-state index contributed by atoms with van der Waals surface area (Å²) < 4.78 is 0. The normalized spacial score (nSPS) is 15.0. The maximum absolute atomic E-state index is 9.24. The van der Waals surface area contributed by atoms with Crippen molar-refractivity contribution >= 4 is 5.69 Å². The molecule has 1 saturated heterocycles. The lowest BCUT2D eigenvalue weighted by Gasteiger charge is -2.33. The average Bonchev–Trinajstić information content (AvgIpc) is 2.59. The van der Waals surface area contributed by atoms with Crippen molar-refractivity contribution in [3.8, 4) is 5.75 Å². The molecule has 0 radical (unpaired) electrons. The Morgan fingerprint density at radius 3 is 1.91 bits per heavy atom. The van der Waals surface area contributed by atoms with Crippen LogP contribution in [-0.2, 0) is 0 Å². The van der Waals surface area contributed by atoms with E-state index in [4.69, 9.17) is 0 Å². The average molecular weight is 298 g/mol. The number of phenolic OH excluding ortho intramolecular Hbond substituents is 1. The molecular weight excluding hydrogens is 272 g/mol. The highest BCUT2D eigenvalue weighted by atomic mass is 16.3. The minimum Gasteiger partial charge on any atom is -0.508 e. The molecule has 1 aliphatic rings. The first kappa shape index (κ1) is 16.4. The summed E-state index contributed by atoms with van der Waals surface area (Å²) in [5.41, 5.74) is 1.22. The highest BCUT2D eigenvalue weighted by Gasteiger charge is 2.18. The van der Waals surface area contributed by atoms with E-state index in [1.165, 1.54) is 18.5 Å². The zero-order chi connectivity index (χ0) is 15.6. The number of aromatic hydroxyl groups is 1. The summed E-state index contributed by atoms with van der Waals surface area (Å²) in [6, 6.07) is 20.2. The van der Waals surface area contributed by atoms with Crippen molar-refractivity contribution in [2.75, 3.05) is 24.5 Å². The van der Waals surface area contributed by atoms with E-state index < -0.39 is 0 Å². The van der Waals surface area contributed by atoms with Gasteiger partial charge in [-0.2, -0.15) is 0 Å². The third kappa shape index (κ3) is 5.41. The second-order valence-electron chi connectivity index (χ2n) is 5.49. The van der Waals surface area contributed by atoms with E-state index in [2.05, 4.69) is 17.1 Å². The number of anilines is 1. The maximum atomic E-state index is 9.24. The van der Waals surface area contributed by atoms with Gasteiger partial charge < -0.3 is 15.3 Å². The highest BCUT2D eigenvalue weighted by molar-refractivity contribution is 5.49. The molecule has 2 aromatic rings. The molecule has 1 aliphatic heterocycles. The SMILES string of the molecule is CCNC1CCN(c2ccc(O)cc2)CC1.c1ccccc1. The first-order valence-electron chi connectivity index (χ1n) is 8.07. The van der Waals surface area contributed by atoms with E-state index in [1.54, 1.807) is 12.1 Å². The van der Waals surface area contributed by atoms with Crippen LogP contribution in [0.3, 0.4) is 0 Å². The van der Waals surface area contributed by atoms with Crippen LogP contribution >= 0.6 is 0 Å². The van der Waals surface area contributed by atoms with Crippen molar-refractivity contribution in [1.29, 1.82) is 0 Å². The molecule has 2 N–H and O–H groups in total. The molecule has 0 bridgehead atoms. The molecular formula is C19H26N2O. The van der Waals surface area contributed by atoms with Gasteiger partial charge in [-0.15, -0.1) is 0 Å². The van der Waals surface area contributed by atoms with Gasteiger partial charge in [0.2, 0.25) is 0 Å². The summed E-state index contributed by atoms with van der Waals surface area (Å²) in [6.07, 6.45) is 2.41. The van der Waals surface area contributed by atoms with Crippen molar-refractivity contribution in [1.82, 2.24) is 5.32 Å². The first-order valence-corrected chi connectivity index (χ1v) is 8.07. The van der Waals surface area contributed by atoms with Crippen molar-refractivity contribution in [2.45, 2.75) is 25.8 Å². The Bertz CT molecular complexity index is 478. The smallest absolute Gasteiger partial charge is 0.115 e. The molecule has 0 amide bonds. The van der Waals surface area contributed by atoms with Crippen LogP contribution in [0.5, 0.6) is 5.75 Å². The molecule has 1 fully saturated rings. The third-order valence-electron chi connectivity index (χ3n) is 3.87. The fraction of sp³-hybridized carbons (Fsp3) is 0.368. The molecule has 118 valence electrons. The Morgan fingerprint density at radius 2 is 1.45 bits per heavy atom. The fourth-order valence-electron chi connectivity index (χ4n) is 2.68. The number of piperidine rings is 1. The summed E-state index contributed by atoms with van der Waals surface area (Å²) in [5.74, 6) is 0.339. The van der Waals surface area contributed by atoms with Gasteiger partial charge in [0.1, 0.15) is 5.75 Å². The molecule has 3 nitrogen and oxygen atoms in total. The number of hydrogen-bond donors (Lipinski definition) is 2. The molecule has 0 saturated carbocycles. The first-order chi connectivity index (χ1) is 10.8. The standard InChI is InChI=1S/C13H20N2O.C6H6/c1-2-14-11-7-9-15(10-8-11)12-3-5-13(16)6-4-12;1-2-4-6-5-3-1/h3-6,11,14,16H,2,7-10H2,1H3;1-6H. The van der Waals surface area contributed by atoms with Crippen molar-refractivity contribution in [2.24, 2.45) is 0 Å². The molecule has 0 atom stereocenters. The van der Waals surface area contributed by atoms with Crippen LogP contribution in [0.2, 0.25) is 0 Å². The number of hydrogen-bond acceptors (Lipinski definition) is 3. The molecule has 22 heavy (non-hydrogen) atoms. The van der Waals surface area contributed by atoms with Crippen LogP contribution in [0.4, 0.5) is 5.69 Å². The largest absolute Gasteiger partial charge is 0.508 e. The van der Waals surface area contributed by atoms with Crippen LogP contribution in [0, 0.1) is 0 Å². The van der Waals surface area contributed by atoms with Gasteiger partial charge >= 0.3 is 0 Å². The third-order valence-corrected chi connectivity index (χ3v) is 3.87. The van der Waals surface area contributed by atoms with Gasteiger partial charge in [0.25, 0.3) is 0 Å². The van der Waals surface area contributed by atoms with Gasteiger partial charge in [-0.3, -0.25) is 0 Å². The molecule has 0 aliphatic carbocycles. The summed E-state index contributed by atoms with van der Waals surface area (Å²) in [7, 11) is 0. The minimum absolute atomic E-state index is 0.339. The topological polar surface area (TPSA) is 35.5 Å². The quantitative estimate of drug-likeness (QED) is 0.908. The van der Waals surface area contributed by atoms with Crippen LogP contribution in [0.1, 0.15) is 19.8 Å². The van der Waals surface area contributed by atoms with Crippen LogP contribution in [-0.4, -0.2) is 30.8 Å². The lowest BCUT2D eigenvalue weighted by atomic mass is 10.0. The van der Waals surface area contributed by atoms with Gasteiger partial charge in [-0.05, 0) is 43.7 Å². The van der Waals surface area contributed by atoms with E-state index in [-0.39, 0.29) is 0 Å². The summed E-state index contributed by atoms with van der Waals surface area (Å²) in [4.78, 5) is 2.38. The van der Waals surface area contributed by atoms with E-state index in [1.807, 2.05) is 48.5 Å². The number of rotatable bonds is 3. The molecule has 3 rings (SSSR count). The maximum Gasteiger partial charge on any atom is 0.115 e. The number of phenols is 1. The van der Waals surface area contributed by atoms with Crippen molar-refractivity contribution in [3.05, 3.63) is 60.7 Å². The van der Waals surface area contributed by atoms with Crippen LogP contribution < -0.4 is 10.2 Å². The second-order valence-corrected chi connectivity index (χ2v) is 5.49. The number of nitrogens with zero attached hydrogens (tertiary/aromatic N) is 1. The highest BCUT2D eigenvalue weighted by Crippen LogP contribution is 2.22. The summed E-state index contributed by atoms with van der Waals surface area (Å²) in [6.45, 7) is 5.42. The van der Waals surface area contributed by atoms with E-state index >= 15 is 0 Å². The predicted octanol–water partition coefficient (Wildman–Crippen LogP) is 3.66. The van der Waals surface area contributed by atoms with Crippen molar-refractivity contribution < 1.29 is 5.11 Å². The second kappa shape index (κ2) is 9.11. The summed E-state index contributed by atoms with van der Waals surface area (Å²) in [5, 5.41) is 12.7. The molecule has 1 heterocycles.